The van der Waals surface area contributed by atoms with E-state index in [0.717, 1.165) is 38.5 Å². The maximum Gasteiger partial charge on any atom is 0.229 e. The van der Waals surface area contributed by atoms with E-state index in [4.69, 9.17) is 4.42 Å². The van der Waals surface area contributed by atoms with Gasteiger partial charge >= 0.3 is 0 Å². The Morgan fingerprint density at radius 3 is 2.43 bits per heavy atom. The second-order valence-corrected chi connectivity index (χ2v) is 5.37. The Labute approximate surface area is 131 Å². The molecule has 0 radical (unpaired) electrons. The van der Waals surface area contributed by atoms with Crippen molar-refractivity contribution in [3.05, 3.63) is 67.1 Å². The van der Waals surface area contributed by atoms with E-state index in [1.165, 1.54) is 0 Å². The van der Waals surface area contributed by atoms with Gasteiger partial charge in [-0.3, -0.25) is 9.97 Å². The van der Waals surface area contributed by atoms with Crippen LogP contribution in [0.5, 0.6) is 0 Å². The number of rotatable bonds is 1. The lowest BCUT2D eigenvalue weighted by Gasteiger charge is -2.06. The van der Waals surface area contributed by atoms with Crippen LogP contribution in [-0.2, 0) is 0 Å². The molecule has 0 fully saturated rings. The van der Waals surface area contributed by atoms with Crippen LogP contribution >= 0.6 is 0 Å². The minimum atomic E-state index is 0.601. The van der Waals surface area contributed by atoms with Crippen molar-refractivity contribution in [2.45, 2.75) is 0 Å². The number of hydrogen-bond donors (Lipinski definition) is 0. The zero-order chi connectivity index (χ0) is 15.2. The maximum atomic E-state index is 5.83. The van der Waals surface area contributed by atoms with E-state index in [1.807, 2.05) is 36.5 Å². The number of aromatic nitrogens is 3. The maximum absolute atomic E-state index is 5.83. The SMILES string of the molecule is c1cnc2c(-c3ccnc4oc5cccnc5c34)cccc2c1. The van der Waals surface area contributed by atoms with Crippen molar-refractivity contribution >= 4 is 33.1 Å². The molecule has 4 heterocycles. The van der Waals surface area contributed by atoms with Crippen molar-refractivity contribution in [1.82, 2.24) is 15.0 Å². The van der Waals surface area contributed by atoms with Gasteiger partial charge in [-0.25, -0.2) is 4.98 Å². The fraction of sp³-hybridized carbons (Fsp3) is 0. The van der Waals surface area contributed by atoms with Gasteiger partial charge in [-0.2, -0.15) is 0 Å². The van der Waals surface area contributed by atoms with Crippen LogP contribution in [0.15, 0.2) is 71.5 Å². The van der Waals surface area contributed by atoms with Gasteiger partial charge < -0.3 is 4.42 Å². The van der Waals surface area contributed by atoms with Crippen LogP contribution in [0.4, 0.5) is 0 Å². The van der Waals surface area contributed by atoms with Gasteiger partial charge in [-0.05, 0) is 24.3 Å². The fourth-order valence-corrected chi connectivity index (χ4v) is 3.06. The van der Waals surface area contributed by atoms with Crippen LogP contribution in [0.2, 0.25) is 0 Å². The highest BCUT2D eigenvalue weighted by atomic mass is 16.3. The van der Waals surface area contributed by atoms with E-state index in [1.54, 1.807) is 12.4 Å². The summed E-state index contributed by atoms with van der Waals surface area (Å²) < 4.78 is 5.83. The predicted octanol–water partition coefficient (Wildman–Crippen LogP) is 4.59. The lowest BCUT2D eigenvalue weighted by Crippen LogP contribution is -1.86. The Morgan fingerprint density at radius 2 is 1.48 bits per heavy atom. The van der Waals surface area contributed by atoms with Gasteiger partial charge in [-0.15, -0.1) is 0 Å². The van der Waals surface area contributed by atoms with Crippen molar-refractivity contribution in [2.75, 3.05) is 0 Å². The van der Waals surface area contributed by atoms with Crippen LogP contribution in [0.1, 0.15) is 0 Å². The highest BCUT2D eigenvalue weighted by Gasteiger charge is 2.15. The summed E-state index contributed by atoms with van der Waals surface area (Å²) in [6.07, 6.45) is 5.35. The van der Waals surface area contributed by atoms with Crippen molar-refractivity contribution in [3.8, 4) is 11.1 Å². The smallest absolute Gasteiger partial charge is 0.229 e. The molecule has 4 aromatic heterocycles. The Kier molecular flexibility index (Phi) is 2.46. The highest BCUT2D eigenvalue weighted by molar-refractivity contribution is 6.12. The van der Waals surface area contributed by atoms with E-state index in [0.29, 0.717) is 5.71 Å². The molecule has 0 unspecified atom stereocenters. The van der Waals surface area contributed by atoms with Crippen molar-refractivity contribution in [1.29, 1.82) is 0 Å². The molecule has 0 saturated carbocycles. The van der Waals surface area contributed by atoms with Gasteiger partial charge in [0.15, 0.2) is 5.58 Å². The summed E-state index contributed by atoms with van der Waals surface area (Å²) in [7, 11) is 0. The van der Waals surface area contributed by atoms with Gasteiger partial charge in [0.25, 0.3) is 0 Å². The van der Waals surface area contributed by atoms with Gasteiger partial charge in [0, 0.05) is 35.1 Å². The summed E-state index contributed by atoms with van der Waals surface area (Å²) >= 11 is 0. The molecule has 4 heteroatoms. The van der Waals surface area contributed by atoms with Crippen LogP contribution in [0, 0.1) is 0 Å². The molecule has 5 aromatic rings. The third-order valence-electron chi connectivity index (χ3n) is 4.05. The molecule has 0 spiro atoms. The van der Waals surface area contributed by atoms with Gasteiger partial charge in [0.2, 0.25) is 5.71 Å². The Morgan fingerprint density at radius 1 is 0.652 bits per heavy atom. The largest absolute Gasteiger partial charge is 0.436 e. The minimum Gasteiger partial charge on any atom is -0.436 e. The number of para-hydroxylation sites is 1. The lowest BCUT2D eigenvalue weighted by molar-refractivity contribution is 0.653. The normalized spacial score (nSPS) is 11.5. The van der Waals surface area contributed by atoms with E-state index >= 15 is 0 Å². The quantitative estimate of drug-likeness (QED) is 0.454. The molecule has 0 aliphatic carbocycles. The van der Waals surface area contributed by atoms with Gasteiger partial charge in [-0.1, -0.05) is 24.3 Å². The van der Waals surface area contributed by atoms with Crippen molar-refractivity contribution < 1.29 is 4.42 Å². The molecule has 1 aromatic carbocycles. The van der Waals surface area contributed by atoms with E-state index in [2.05, 4.69) is 33.2 Å². The van der Waals surface area contributed by atoms with E-state index in [-0.39, 0.29) is 0 Å². The fourth-order valence-electron chi connectivity index (χ4n) is 3.06. The Balaban J connectivity index is 1.96. The second-order valence-electron chi connectivity index (χ2n) is 5.37. The van der Waals surface area contributed by atoms with Gasteiger partial charge in [0.1, 0.15) is 5.52 Å². The first kappa shape index (κ1) is 12.3. The Bertz CT molecular complexity index is 1170. The topological polar surface area (TPSA) is 51.8 Å². The summed E-state index contributed by atoms with van der Waals surface area (Å²) in [6, 6.07) is 16.0. The standard InChI is InChI=1S/C19H11N3O/c1-4-12-5-2-9-20-17(12)14(6-1)13-8-11-22-19-16(13)18-15(23-19)7-3-10-21-18/h1-11H. The van der Waals surface area contributed by atoms with Crippen LogP contribution in [-0.4, -0.2) is 15.0 Å². The summed E-state index contributed by atoms with van der Waals surface area (Å²) in [5, 5.41) is 2.04. The summed E-state index contributed by atoms with van der Waals surface area (Å²) in [6.45, 7) is 0. The lowest BCUT2D eigenvalue weighted by atomic mass is 10.00. The molecule has 0 N–H and O–H groups in total. The molecule has 0 amide bonds. The molecule has 4 nitrogen and oxygen atoms in total. The average Bonchev–Trinajstić information content (AvgIpc) is 3.00. The minimum absolute atomic E-state index is 0.601. The number of benzene rings is 1. The zero-order valence-corrected chi connectivity index (χ0v) is 12.1. The molecule has 0 atom stereocenters. The second kappa shape index (κ2) is 4.61. The molecule has 0 bridgehead atoms. The molecular formula is C19H11N3O. The zero-order valence-electron chi connectivity index (χ0n) is 12.1. The third kappa shape index (κ3) is 1.75. The predicted molar refractivity (Wildman–Crippen MR) is 90.0 cm³/mol. The number of pyridine rings is 3. The van der Waals surface area contributed by atoms with Crippen molar-refractivity contribution in [3.63, 3.8) is 0 Å². The Hall–Kier alpha value is -3.27. The first-order valence-corrected chi connectivity index (χ1v) is 7.38. The van der Waals surface area contributed by atoms with E-state index < -0.39 is 0 Å². The molecule has 0 aliphatic heterocycles. The monoisotopic (exact) mass is 297 g/mol. The molecular weight excluding hydrogens is 286 g/mol. The molecule has 0 saturated heterocycles. The average molecular weight is 297 g/mol. The number of hydrogen-bond acceptors (Lipinski definition) is 4. The highest BCUT2D eigenvalue weighted by Crippen LogP contribution is 2.36. The summed E-state index contributed by atoms with van der Waals surface area (Å²) in [4.78, 5) is 13.4. The summed E-state index contributed by atoms with van der Waals surface area (Å²) in [5.41, 5.74) is 5.24. The first-order valence-electron chi connectivity index (χ1n) is 7.38. The third-order valence-corrected chi connectivity index (χ3v) is 4.05. The molecule has 5 rings (SSSR count). The number of fused-ring (bicyclic) bond motifs is 4. The summed E-state index contributed by atoms with van der Waals surface area (Å²) in [5.74, 6) is 0. The van der Waals surface area contributed by atoms with Crippen molar-refractivity contribution in [2.24, 2.45) is 0 Å². The van der Waals surface area contributed by atoms with Crippen LogP contribution in [0.25, 0.3) is 44.2 Å². The number of nitrogens with zero attached hydrogens (tertiary/aromatic N) is 3. The number of furan rings is 1. The molecule has 108 valence electrons. The van der Waals surface area contributed by atoms with Gasteiger partial charge in [0.05, 0.1) is 10.9 Å². The van der Waals surface area contributed by atoms with Crippen LogP contribution < -0.4 is 0 Å². The molecule has 23 heavy (non-hydrogen) atoms. The van der Waals surface area contributed by atoms with E-state index in [9.17, 15) is 0 Å². The molecule has 0 aliphatic rings. The first-order chi connectivity index (χ1) is 11.4. The van der Waals surface area contributed by atoms with Crippen LogP contribution in [0.3, 0.4) is 0 Å².